The predicted octanol–water partition coefficient (Wildman–Crippen LogP) is 4.72. The van der Waals surface area contributed by atoms with Crippen LogP contribution in [0.1, 0.15) is 56.7 Å². The number of nitrogens with one attached hydrogen (secondary N) is 1. The van der Waals surface area contributed by atoms with Crippen LogP contribution in [-0.2, 0) is 6.54 Å². The van der Waals surface area contributed by atoms with E-state index in [2.05, 4.69) is 78.9 Å². The van der Waals surface area contributed by atoms with Gasteiger partial charge in [0, 0.05) is 57.7 Å². The Morgan fingerprint density at radius 3 is 2.55 bits per heavy atom. The molecule has 2 saturated heterocycles. The quantitative estimate of drug-likeness (QED) is 0.480. The standard InChI is InChI=1S/C28H45N5/c1-7-23(4)28(30-14-13-29-6)32-17-18-33(26(8-2)21-32)27-11-15-31(16-12-27)20-25-10-9-22(3)19-24(25)5/h7,9-10,13-14,19,26-27,29H,8,11-12,15-18,20-21H2,1-6H3/b14-13+,23-7-,30-28+. The van der Waals surface area contributed by atoms with E-state index in [1.165, 1.54) is 54.6 Å². The Hall–Kier alpha value is -2.11. The number of aliphatic imine (C=N–C) groups is 1. The summed E-state index contributed by atoms with van der Waals surface area (Å²) < 4.78 is 0. The lowest BCUT2D eigenvalue weighted by molar-refractivity contribution is 0.0314. The van der Waals surface area contributed by atoms with Crippen molar-refractivity contribution in [3.8, 4) is 0 Å². The van der Waals surface area contributed by atoms with Crippen molar-refractivity contribution in [3.05, 3.63) is 58.9 Å². The minimum atomic E-state index is 0.595. The van der Waals surface area contributed by atoms with Crippen LogP contribution < -0.4 is 5.32 Å². The van der Waals surface area contributed by atoms with Crippen molar-refractivity contribution in [3.63, 3.8) is 0 Å². The second kappa shape index (κ2) is 12.4. The van der Waals surface area contributed by atoms with Gasteiger partial charge in [0.1, 0.15) is 5.84 Å². The molecule has 2 aliphatic heterocycles. The smallest absolute Gasteiger partial charge is 0.131 e. The molecule has 0 bridgehead atoms. The molecule has 0 amide bonds. The lowest BCUT2D eigenvalue weighted by Gasteiger charge is -2.48. The largest absolute Gasteiger partial charge is 0.393 e. The van der Waals surface area contributed by atoms with Crippen molar-refractivity contribution < 1.29 is 0 Å². The minimum absolute atomic E-state index is 0.595. The zero-order chi connectivity index (χ0) is 23.8. The number of piperidine rings is 1. The van der Waals surface area contributed by atoms with E-state index in [9.17, 15) is 0 Å². The summed E-state index contributed by atoms with van der Waals surface area (Å²) >= 11 is 0. The summed E-state index contributed by atoms with van der Waals surface area (Å²) in [5.41, 5.74) is 5.52. The molecule has 0 radical (unpaired) electrons. The molecule has 0 aromatic heterocycles. The van der Waals surface area contributed by atoms with E-state index in [4.69, 9.17) is 4.99 Å². The van der Waals surface area contributed by atoms with E-state index >= 15 is 0 Å². The van der Waals surface area contributed by atoms with Gasteiger partial charge in [-0.3, -0.25) is 9.80 Å². The Kier molecular flexibility index (Phi) is 9.57. The van der Waals surface area contributed by atoms with Crippen LogP contribution in [0.5, 0.6) is 0 Å². The Morgan fingerprint density at radius 2 is 1.91 bits per heavy atom. The van der Waals surface area contributed by atoms with Gasteiger partial charge in [-0.2, -0.15) is 0 Å². The van der Waals surface area contributed by atoms with Crippen LogP contribution in [0.4, 0.5) is 0 Å². The summed E-state index contributed by atoms with van der Waals surface area (Å²) in [5, 5.41) is 3.04. The molecule has 5 nitrogen and oxygen atoms in total. The Labute approximate surface area is 202 Å². The number of allylic oxidation sites excluding steroid dienone is 1. The van der Waals surface area contributed by atoms with E-state index in [-0.39, 0.29) is 0 Å². The van der Waals surface area contributed by atoms with Gasteiger partial charge in [-0.25, -0.2) is 4.99 Å². The normalized spacial score (nSPS) is 22.4. The first-order valence-electron chi connectivity index (χ1n) is 12.8. The molecule has 1 unspecified atom stereocenters. The van der Waals surface area contributed by atoms with Crippen LogP contribution >= 0.6 is 0 Å². The second-order valence-corrected chi connectivity index (χ2v) is 9.71. The average Bonchev–Trinajstić information content (AvgIpc) is 2.83. The molecule has 1 aromatic rings. The predicted molar refractivity (Wildman–Crippen MR) is 142 cm³/mol. The van der Waals surface area contributed by atoms with Crippen molar-refractivity contribution in [1.29, 1.82) is 0 Å². The third-order valence-electron chi connectivity index (χ3n) is 7.44. The fraction of sp³-hybridized carbons (Fsp3) is 0.607. The molecule has 0 saturated carbocycles. The monoisotopic (exact) mass is 451 g/mol. The van der Waals surface area contributed by atoms with Crippen LogP contribution in [0.15, 0.2) is 47.2 Å². The molecule has 1 atom stereocenters. The summed E-state index contributed by atoms with van der Waals surface area (Å²) in [6, 6.07) is 8.19. The van der Waals surface area contributed by atoms with Crippen LogP contribution in [0, 0.1) is 13.8 Å². The lowest BCUT2D eigenvalue weighted by atomic mass is 9.97. The number of nitrogens with zero attached hydrogens (tertiary/aromatic N) is 4. The maximum atomic E-state index is 4.78. The SMILES string of the molecule is C\C=C(C)/C(=N\C=C\NC)N1CCN(C2CCN(Cc3ccc(C)cc3C)CC2)C(CC)C1. The Balaban J connectivity index is 1.59. The van der Waals surface area contributed by atoms with Crippen molar-refractivity contribution >= 4 is 5.84 Å². The second-order valence-electron chi connectivity index (χ2n) is 9.71. The number of amidine groups is 1. The number of aryl methyl sites for hydroxylation is 2. The summed E-state index contributed by atoms with van der Waals surface area (Å²) in [5.74, 6) is 1.12. The maximum Gasteiger partial charge on any atom is 0.131 e. The van der Waals surface area contributed by atoms with Gasteiger partial charge in [0.2, 0.25) is 0 Å². The Bertz CT molecular complexity index is 848. The zero-order valence-corrected chi connectivity index (χ0v) is 21.8. The van der Waals surface area contributed by atoms with Crippen LogP contribution in [-0.4, -0.2) is 72.4 Å². The van der Waals surface area contributed by atoms with E-state index in [0.29, 0.717) is 12.1 Å². The molecule has 1 N–H and O–H groups in total. The molecule has 2 aliphatic rings. The number of hydrogen-bond acceptors (Lipinski definition) is 4. The number of likely N-dealkylation sites (tertiary alicyclic amines) is 1. The first-order valence-corrected chi connectivity index (χ1v) is 12.8. The van der Waals surface area contributed by atoms with Gasteiger partial charge in [-0.1, -0.05) is 36.8 Å². The van der Waals surface area contributed by atoms with Gasteiger partial charge in [-0.05, 0) is 76.7 Å². The molecule has 3 rings (SSSR count). The highest BCUT2D eigenvalue weighted by Crippen LogP contribution is 2.25. The first kappa shape index (κ1) is 25.5. The molecule has 2 fully saturated rings. The fourth-order valence-corrected chi connectivity index (χ4v) is 5.32. The van der Waals surface area contributed by atoms with E-state index in [1.807, 2.05) is 19.4 Å². The van der Waals surface area contributed by atoms with Gasteiger partial charge < -0.3 is 10.2 Å². The maximum absolute atomic E-state index is 4.78. The van der Waals surface area contributed by atoms with Gasteiger partial charge in [0.15, 0.2) is 0 Å². The summed E-state index contributed by atoms with van der Waals surface area (Å²) in [6.45, 7) is 17.8. The molecule has 2 heterocycles. The van der Waals surface area contributed by atoms with Crippen molar-refractivity contribution in [2.75, 3.05) is 39.8 Å². The van der Waals surface area contributed by atoms with E-state index in [1.54, 1.807) is 0 Å². The van der Waals surface area contributed by atoms with Crippen molar-refractivity contribution in [2.45, 2.75) is 72.5 Å². The number of benzene rings is 1. The molecular weight excluding hydrogens is 406 g/mol. The Morgan fingerprint density at radius 1 is 1.15 bits per heavy atom. The molecule has 182 valence electrons. The van der Waals surface area contributed by atoms with Crippen LogP contribution in [0.2, 0.25) is 0 Å². The highest BCUT2D eigenvalue weighted by atomic mass is 15.3. The average molecular weight is 452 g/mol. The molecule has 1 aromatic carbocycles. The highest BCUT2D eigenvalue weighted by molar-refractivity contribution is 5.98. The summed E-state index contributed by atoms with van der Waals surface area (Å²) in [6.07, 6.45) is 9.69. The molecule has 0 aliphatic carbocycles. The van der Waals surface area contributed by atoms with Gasteiger partial charge in [-0.15, -0.1) is 0 Å². The van der Waals surface area contributed by atoms with Crippen LogP contribution in [0.25, 0.3) is 0 Å². The van der Waals surface area contributed by atoms with Crippen molar-refractivity contribution in [2.24, 2.45) is 4.99 Å². The number of rotatable bonds is 7. The molecule has 0 spiro atoms. The number of hydrogen-bond donors (Lipinski definition) is 1. The number of piperazine rings is 1. The first-order chi connectivity index (χ1) is 16.0. The molecule has 5 heteroatoms. The molecule has 33 heavy (non-hydrogen) atoms. The third kappa shape index (κ3) is 6.70. The summed E-state index contributed by atoms with van der Waals surface area (Å²) in [4.78, 5) is 12.7. The highest BCUT2D eigenvalue weighted by Gasteiger charge is 2.34. The van der Waals surface area contributed by atoms with Gasteiger partial charge in [0.05, 0.1) is 0 Å². The minimum Gasteiger partial charge on any atom is -0.393 e. The van der Waals surface area contributed by atoms with Gasteiger partial charge >= 0.3 is 0 Å². The summed E-state index contributed by atoms with van der Waals surface area (Å²) in [7, 11) is 1.91. The molecular formula is C28H45N5. The van der Waals surface area contributed by atoms with E-state index < -0.39 is 0 Å². The lowest BCUT2D eigenvalue weighted by Crippen LogP contribution is -2.59. The van der Waals surface area contributed by atoms with Crippen molar-refractivity contribution in [1.82, 2.24) is 20.0 Å². The van der Waals surface area contributed by atoms with Gasteiger partial charge in [0.25, 0.3) is 0 Å². The van der Waals surface area contributed by atoms with E-state index in [0.717, 1.165) is 32.0 Å². The topological polar surface area (TPSA) is 34.1 Å². The zero-order valence-electron chi connectivity index (χ0n) is 21.8. The third-order valence-corrected chi connectivity index (χ3v) is 7.44. The fourth-order valence-electron chi connectivity index (χ4n) is 5.32. The van der Waals surface area contributed by atoms with Crippen LogP contribution in [0.3, 0.4) is 0 Å².